The maximum atomic E-state index is 12.9. The van der Waals surface area contributed by atoms with Crippen LogP contribution in [0.4, 0.5) is 0 Å². The van der Waals surface area contributed by atoms with E-state index in [2.05, 4.69) is 21.2 Å². The molecule has 3 aromatic rings. The topological polar surface area (TPSA) is 104 Å². The highest BCUT2D eigenvalue weighted by molar-refractivity contribution is 9.10. The van der Waals surface area contributed by atoms with Gasteiger partial charge in [0.05, 0.1) is 24.5 Å². The summed E-state index contributed by atoms with van der Waals surface area (Å²) in [6.45, 7) is 0. The van der Waals surface area contributed by atoms with Crippen LogP contribution in [0.25, 0.3) is 9.40 Å². The van der Waals surface area contributed by atoms with Crippen LogP contribution in [0, 0.1) is 0 Å². The summed E-state index contributed by atoms with van der Waals surface area (Å²) in [7, 11) is 0. The van der Waals surface area contributed by atoms with Gasteiger partial charge in [0, 0.05) is 10.7 Å². The lowest BCUT2D eigenvalue weighted by Gasteiger charge is -2.49. The number of benzene rings is 1. The zero-order valence-corrected chi connectivity index (χ0v) is 22.0. The predicted octanol–water partition coefficient (Wildman–Crippen LogP) is 4.12. The fraction of sp³-hybridized carbons (Fsp3) is 0.182. The Morgan fingerprint density at radius 2 is 1.97 bits per heavy atom. The Morgan fingerprint density at radius 1 is 1.21 bits per heavy atom. The van der Waals surface area contributed by atoms with E-state index in [-0.39, 0.29) is 23.5 Å². The number of hydrogen-bond donors (Lipinski definition) is 2. The van der Waals surface area contributed by atoms with Crippen molar-refractivity contribution < 1.29 is 19.5 Å². The number of carboxylic acid groups (broad SMARTS) is 1. The first kappa shape index (κ1) is 23.6. The number of nitrogens with zero attached hydrogens (tertiary/aromatic N) is 1. The molecule has 0 radical (unpaired) electrons. The van der Waals surface area contributed by atoms with Crippen molar-refractivity contribution in [1.82, 2.24) is 10.2 Å². The monoisotopic (exact) mass is 594 g/mol. The summed E-state index contributed by atoms with van der Waals surface area (Å²) in [5.41, 5.74) is 0.604. The number of carbonyl (C=O) groups excluding carboxylic acids is 2. The minimum atomic E-state index is -1.21. The number of fused-ring (bicyclic) bond motifs is 2. The molecule has 174 valence electrons. The van der Waals surface area contributed by atoms with Crippen LogP contribution < -0.4 is 10.7 Å². The maximum absolute atomic E-state index is 12.9. The Hall–Kier alpha value is -2.12. The van der Waals surface area contributed by atoms with Gasteiger partial charge in [-0.25, -0.2) is 4.79 Å². The lowest BCUT2D eigenvalue weighted by Crippen LogP contribution is -2.70. The molecular formula is C22H15BrN2O5S4. The van der Waals surface area contributed by atoms with E-state index in [1.165, 1.54) is 51.1 Å². The van der Waals surface area contributed by atoms with E-state index in [9.17, 15) is 24.3 Å². The molecule has 0 saturated carbocycles. The fourth-order valence-corrected chi connectivity index (χ4v) is 9.40. The first-order valence-corrected chi connectivity index (χ1v) is 14.3. The van der Waals surface area contributed by atoms with Gasteiger partial charge in [-0.1, -0.05) is 42.1 Å². The lowest BCUT2D eigenvalue weighted by molar-refractivity contribution is -0.150. The Balaban J connectivity index is 1.37. The highest BCUT2D eigenvalue weighted by Gasteiger charge is 2.54. The first-order valence-electron chi connectivity index (χ1n) is 9.97. The maximum Gasteiger partial charge on any atom is 0.353 e. The summed E-state index contributed by atoms with van der Waals surface area (Å²) < 4.78 is 2.52. The number of amides is 2. The summed E-state index contributed by atoms with van der Waals surface area (Å²) in [5, 5.41) is 14.0. The molecule has 1 aromatic carbocycles. The number of nitrogens with one attached hydrogen (secondary N) is 1. The van der Waals surface area contributed by atoms with Crippen LogP contribution in [0.15, 0.2) is 65.9 Å². The van der Waals surface area contributed by atoms with E-state index >= 15 is 0 Å². The molecule has 0 aliphatic carbocycles. The van der Waals surface area contributed by atoms with Gasteiger partial charge in [-0.3, -0.25) is 19.3 Å². The van der Waals surface area contributed by atoms with Crippen molar-refractivity contribution >= 4 is 89.3 Å². The molecule has 2 aliphatic heterocycles. The quantitative estimate of drug-likeness (QED) is 0.414. The highest BCUT2D eigenvalue weighted by atomic mass is 79.9. The third kappa shape index (κ3) is 4.22. The summed E-state index contributed by atoms with van der Waals surface area (Å²) in [6.07, 6.45) is 0.142. The van der Waals surface area contributed by atoms with Crippen LogP contribution in [0.2, 0.25) is 0 Å². The van der Waals surface area contributed by atoms with E-state index in [4.69, 9.17) is 0 Å². The zero-order valence-electron chi connectivity index (χ0n) is 17.1. The molecule has 7 nitrogen and oxygen atoms in total. The van der Waals surface area contributed by atoms with Crippen molar-refractivity contribution in [3.05, 3.63) is 72.6 Å². The van der Waals surface area contributed by atoms with Crippen LogP contribution in [0.1, 0.15) is 5.56 Å². The van der Waals surface area contributed by atoms with Crippen molar-refractivity contribution in [1.29, 1.82) is 0 Å². The summed E-state index contributed by atoms with van der Waals surface area (Å²) in [5.74, 6) is -1.60. The van der Waals surface area contributed by atoms with Crippen LogP contribution in [-0.2, 0) is 20.8 Å². The van der Waals surface area contributed by atoms with Gasteiger partial charge >= 0.3 is 5.97 Å². The number of carboxylic acids is 1. The lowest BCUT2D eigenvalue weighted by atomic mass is 10.0. The van der Waals surface area contributed by atoms with E-state index in [0.29, 0.717) is 24.0 Å². The molecule has 2 aromatic heterocycles. The number of halogens is 1. The number of aliphatic carboxylic acids is 1. The van der Waals surface area contributed by atoms with Crippen molar-refractivity contribution in [3.63, 3.8) is 0 Å². The summed E-state index contributed by atoms with van der Waals surface area (Å²) in [6, 6.07) is 10.3. The van der Waals surface area contributed by atoms with Crippen LogP contribution in [-0.4, -0.2) is 45.0 Å². The fourth-order valence-electron chi connectivity index (χ4n) is 3.73. The van der Waals surface area contributed by atoms with Gasteiger partial charge in [0.25, 0.3) is 5.91 Å². The molecule has 1 fully saturated rings. The molecule has 2 N–H and O–H groups in total. The number of thioether (sulfide) groups is 2. The van der Waals surface area contributed by atoms with E-state index in [1.807, 2.05) is 41.8 Å². The first-order chi connectivity index (χ1) is 16.3. The minimum Gasteiger partial charge on any atom is -0.477 e. The van der Waals surface area contributed by atoms with Gasteiger partial charge in [-0.2, -0.15) is 0 Å². The number of thiophene rings is 1. The molecule has 0 bridgehead atoms. The molecule has 2 atom stereocenters. The minimum absolute atomic E-state index is 0.0933. The third-order valence-electron chi connectivity index (χ3n) is 5.29. The number of hydrogen-bond acceptors (Lipinski definition) is 8. The second kappa shape index (κ2) is 9.50. The highest BCUT2D eigenvalue weighted by Crippen LogP contribution is 2.47. The molecule has 1 unspecified atom stereocenters. The summed E-state index contributed by atoms with van der Waals surface area (Å²) in [4.78, 5) is 51.9. The van der Waals surface area contributed by atoms with Crippen LogP contribution in [0.5, 0.6) is 0 Å². The Morgan fingerprint density at radius 3 is 2.71 bits per heavy atom. The zero-order chi connectivity index (χ0) is 24.0. The molecule has 2 amide bonds. The third-order valence-corrected chi connectivity index (χ3v) is 11.5. The van der Waals surface area contributed by atoms with Gasteiger partial charge in [0.2, 0.25) is 11.3 Å². The van der Waals surface area contributed by atoms with Crippen LogP contribution >= 0.6 is 62.1 Å². The van der Waals surface area contributed by atoms with Crippen molar-refractivity contribution in [2.75, 3.05) is 5.75 Å². The molecule has 12 heteroatoms. The normalized spacial score (nSPS) is 19.7. The van der Waals surface area contributed by atoms with Crippen molar-refractivity contribution in [2.45, 2.75) is 22.0 Å². The van der Waals surface area contributed by atoms with E-state index in [1.54, 1.807) is 0 Å². The van der Waals surface area contributed by atoms with Gasteiger partial charge in [0.15, 0.2) is 0 Å². The average molecular weight is 596 g/mol. The van der Waals surface area contributed by atoms with E-state index in [0.717, 1.165) is 10.3 Å². The molecule has 2 aliphatic rings. The molecular weight excluding hydrogens is 580 g/mol. The van der Waals surface area contributed by atoms with E-state index < -0.39 is 23.3 Å². The van der Waals surface area contributed by atoms with Gasteiger partial charge < -0.3 is 10.4 Å². The largest absolute Gasteiger partial charge is 0.477 e. The average Bonchev–Trinajstić information content (AvgIpc) is 3.29. The Bertz CT molecular complexity index is 1420. The van der Waals surface area contributed by atoms with Crippen LogP contribution in [0.3, 0.4) is 0 Å². The number of rotatable bonds is 6. The SMILES string of the molecule is O=C(Cc1ccccc1)NC1C(=O)N2C(C(=O)O)=C(Sc3sc4ccsc4c(=O)c3Br)CS[C@@H]12. The van der Waals surface area contributed by atoms with Crippen molar-refractivity contribution in [2.24, 2.45) is 0 Å². The molecule has 5 rings (SSSR count). The Labute approximate surface area is 218 Å². The predicted molar refractivity (Wildman–Crippen MR) is 139 cm³/mol. The second-order valence-electron chi connectivity index (χ2n) is 7.44. The number of β-lactam (4-membered cyclic amide) rings is 1. The Kier molecular flexibility index (Phi) is 6.60. The van der Waals surface area contributed by atoms with Crippen molar-refractivity contribution in [3.8, 4) is 0 Å². The van der Waals surface area contributed by atoms with Gasteiger partial charge in [-0.15, -0.1) is 34.4 Å². The standard InChI is InChI=1S/C22H15BrN2O5S4/c23-14-17(27)18-11(6-7-31-18)33-22(14)34-12-9-32-20-15(19(28)25(20)16(12)21(29)30)24-13(26)8-10-4-2-1-3-5-10/h1-7,15,20H,8-9H2,(H,24,26)(H,29,30)/t15?,20-/m0/s1. The van der Waals surface area contributed by atoms with Gasteiger partial charge in [0.1, 0.15) is 17.1 Å². The molecule has 0 spiro atoms. The smallest absolute Gasteiger partial charge is 0.353 e. The number of carbonyl (C=O) groups is 3. The van der Waals surface area contributed by atoms with Gasteiger partial charge in [-0.05, 0) is 32.9 Å². The molecule has 4 heterocycles. The molecule has 1 saturated heterocycles. The summed E-state index contributed by atoms with van der Waals surface area (Å²) >= 11 is 8.72. The molecule has 34 heavy (non-hydrogen) atoms. The second-order valence-corrected chi connectivity index (χ2v) is 12.7.